The minimum atomic E-state index is -0.0597. The number of thioether (sulfide) groups is 1. The number of nitrogens with one attached hydrogen (secondary N) is 1. The molecule has 3 N–H and O–H groups in total. The molecule has 0 aromatic rings. The van der Waals surface area contributed by atoms with Crippen LogP contribution in [-0.4, -0.2) is 17.4 Å². The summed E-state index contributed by atoms with van der Waals surface area (Å²) in [7, 11) is 0. The lowest BCUT2D eigenvalue weighted by Crippen LogP contribution is -2.29. The van der Waals surface area contributed by atoms with Gasteiger partial charge in [0, 0.05) is 6.42 Å². The summed E-state index contributed by atoms with van der Waals surface area (Å²) in [6.07, 6.45) is 3.84. The Hall–Kier alpha value is -0.220. The average Bonchev–Trinajstić information content (AvgIpc) is 2.10. The molecule has 4 heteroatoms. The van der Waals surface area contributed by atoms with Gasteiger partial charge in [0.1, 0.15) is 0 Å². The molecule has 0 aromatic carbocycles. The third-order valence-electron chi connectivity index (χ3n) is 1.45. The topological polar surface area (TPSA) is 55.1 Å². The second-order valence-corrected chi connectivity index (χ2v) is 3.86. The highest BCUT2D eigenvalue weighted by atomic mass is 32.2. The lowest BCUT2D eigenvalue weighted by Gasteiger charge is -1.99. The predicted octanol–water partition coefficient (Wildman–Crippen LogP) is 1.29. The van der Waals surface area contributed by atoms with Crippen molar-refractivity contribution < 1.29 is 4.79 Å². The van der Waals surface area contributed by atoms with Crippen LogP contribution in [0.2, 0.25) is 0 Å². The maximum atomic E-state index is 10.7. The number of rotatable bonds is 7. The Labute approximate surface area is 78.4 Å². The first-order valence-corrected chi connectivity index (χ1v) is 5.54. The Morgan fingerprint density at radius 3 is 2.75 bits per heavy atom. The molecule has 0 aliphatic rings. The van der Waals surface area contributed by atoms with Gasteiger partial charge >= 0.3 is 0 Å². The Morgan fingerprint density at radius 2 is 2.17 bits per heavy atom. The van der Waals surface area contributed by atoms with E-state index in [2.05, 4.69) is 12.3 Å². The van der Waals surface area contributed by atoms with Crippen molar-refractivity contribution in [2.24, 2.45) is 5.84 Å². The fraction of sp³-hybridized carbons (Fsp3) is 0.875. The number of amides is 1. The van der Waals surface area contributed by atoms with Crippen LogP contribution in [0.1, 0.15) is 32.6 Å². The molecular formula is C8H18N2OS. The van der Waals surface area contributed by atoms with Crippen molar-refractivity contribution in [2.75, 3.05) is 11.5 Å². The van der Waals surface area contributed by atoms with Crippen LogP contribution in [0.3, 0.4) is 0 Å². The van der Waals surface area contributed by atoms with Crippen LogP contribution >= 0.6 is 11.8 Å². The molecule has 3 nitrogen and oxygen atoms in total. The van der Waals surface area contributed by atoms with E-state index in [1.54, 1.807) is 0 Å². The lowest BCUT2D eigenvalue weighted by atomic mass is 10.2. The van der Waals surface area contributed by atoms with E-state index < -0.39 is 0 Å². The molecule has 0 radical (unpaired) electrons. The minimum Gasteiger partial charge on any atom is -0.294 e. The maximum absolute atomic E-state index is 10.7. The summed E-state index contributed by atoms with van der Waals surface area (Å²) in [5.41, 5.74) is 2.12. The van der Waals surface area contributed by atoms with Crippen LogP contribution in [0.4, 0.5) is 0 Å². The van der Waals surface area contributed by atoms with E-state index >= 15 is 0 Å². The summed E-state index contributed by atoms with van der Waals surface area (Å²) >= 11 is 1.95. The number of carbonyl (C=O) groups excluding carboxylic acids is 1. The van der Waals surface area contributed by atoms with Crippen molar-refractivity contribution in [3.05, 3.63) is 0 Å². The van der Waals surface area contributed by atoms with Gasteiger partial charge in [-0.25, -0.2) is 5.84 Å². The quantitative estimate of drug-likeness (QED) is 0.275. The molecule has 0 aliphatic carbocycles. The number of unbranched alkanes of at least 4 members (excludes halogenated alkanes) is 1. The summed E-state index contributed by atoms with van der Waals surface area (Å²) in [5.74, 6) is 7.25. The van der Waals surface area contributed by atoms with Crippen LogP contribution in [0.5, 0.6) is 0 Å². The lowest BCUT2D eigenvalue weighted by molar-refractivity contribution is -0.121. The van der Waals surface area contributed by atoms with Gasteiger partial charge in [-0.2, -0.15) is 11.8 Å². The van der Waals surface area contributed by atoms with Crippen molar-refractivity contribution in [2.45, 2.75) is 32.6 Å². The van der Waals surface area contributed by atoms with Gasteiger partial charge in [0.15, 0.2) is 0 Å². The Balaban J connectivity index is 2.95. The van der Waals surface area contributed by atoms with Gasteiger partial charge in [0.25, 0.3) is 0 Å². The molecule has 0 saturated carbocycles. The Kier molecular flexibility index (Phi) is 8.71. The van der Waals surface area contributed by atoms with Gasteiger partial charge in [0.05, 0.1) is 0 Å². The van der Waals surface area contributed by atoms with E-state index in [0.29, 0.717) is 6.42 Å². The standard InChI is InChI=1S/C8H18N2OS/c1-2-6-12-7-4-3-5-8(11)10-9/h2-7,9H2,1H3,(H,10,11). The highest BCUT2D eigenvalue weighted by Gasteiger charge is 1.96. The van der Waals surface area contributed by atoms with Crippen LogP contribution in [0.25, 0.3) is 0 Å². The largest absolute Gasteiger partial charge is 0.294 e. The second kappa shape index (κ2) is 8.87. The second-order valence-electron chi connectivity index (χ2n) is 2.64. The molecule has 0 fully saturated rings. The Morgan fingerprint density at radius 1 is 1.42 bits per heavy atom. The normalized spacial score (nSPS) is 9.83. The molecule has 72 valence electrons. The summed E-state index contributed by atoms with van der Waals surface area (Å²) < 4.78 is 0. The highest BCUT2D eigenvalue weighted by Crippen LogP contribution is 2.06. The molecule has 0 unspecified atom stereocenters. The summed E-state index contributed by atoms with van der Waals surface area (Å²) in [6, 6.07) is 0. The number of hydrogen-bond donors (Lipinski definition) is 2. The molecule has 0 aliphatic heterocycles. The molecule has 0 aromatic heterocycles. The van der Waals surface area contributed by atoms with Crippen molar-refractivity contribution >= 4 is 17.7 Å². The van der Waals surface area contributed by atoms with Gasteiger partial charge in [-0.05, 0) is 30.8 Å². The first-order chi connectivity index (χ1) is 5.81. The molecule has 0 heterocycles. The van der Waals surface area contributed by atoms with Crippen LogP contribution < -0.4 is 11.3 Å². The SMILES string of the molecule is CCCSCCCCC(=O)NN. The minimum absolute atomic E-state index is 0.0597. The number of hydrogen-bond acceptors (Lipinski definition) is 3. The summed E-state index contributed by atoms with van der Waals surface area (Å²) in [5, 5.41) is 0. The molecule has 12 heavy (non-hydrogen) atoms. The van der Waals surface area contributed by atoms with Gasteiger partial charge in [-0.15, -0.1) is 0 Å². The number of hydrazine groups is 1. The van der Waals surface area contributed by atoms with Crippen LogP contribution in [0.15, 0.2) is 0 Å². The zero-order valence-corrected chi connectivity index (χ0v) is 8.45. The summed E-state index contributed by atoms with van der Waals surface area (Å²) in [6.45, 7) is 2.18. The van der Waals surface area contributed by atoms with E-state index in [9.17, 15) is 4.79 Å². The van der Waals surface area contributed by atoms with Crippen molar-refractivity contribution in [1.82, 2.24) is 5.43 Å². The Bertz CT molecular complexity index is 120. The molecule has 0 bridgehead atoms. The van der Waals surface area contributed by atoms with Gasteiger partial charge in [-0.1, -0.05) is 6.92 Å². The third kappa shape index (κ3) is 7.88. The van der Waals surface area contributed by atoms with Crippen molar-refractivity contribution in [1.29, 1.82) is 0 Å². The van der Waals surface area contributed by atoms with E-state index in [-0.39, 0.29) is 5.91 Å². The van der Waals surface area contributed by atoms with Crippen molar-refractivity contribution in [3.63, 3.8) is 0 Å². The van der Waals surface area contributed by atoms with Gasteiger partial charge in [-0.3, -0.25) is 10.2 Å². The smallest absolute Gasteiger partial charge is 0.233 e. The van der Waals surface area contributed by atoms with E-state index in [1.807, 2.05) is 11.8 Å². The monoisotopic (exact) mass is 190 g/mol. The molecule has 0 rings (SSSR count). The first-order valence-electron chi connectivity index (χ1n) is 4.38. The van der Waals surface area contributed by atoms with Crippen LogP contribution in [-0.2, 0) is 4.79 Å². The van der Waals surface area contributed by atoms with Gasteiger partial charge in [0.2, 0.25) is 5.91 Å². The molecular weight excluding hydrogens is 172 g/mol. The average molecular weight is 190 g/mol. The van der Waals surface area contributed by atoms with E-state index in [4.69, 9.17) is 5.84 Å². The molecule has 0 atom stereocenters. The van der Waals surface area contributed by atoms with E-state index in [1.165, 1.54) is 12.2 Å². The zero-order chi connectivity index (χ0) is 9.23. The molecule has 1 amide bonds. The first kappa shape index (κ1) is 11.8. The van der Waals surface area contributed by atoms with Gasteiger partial charge < -0.3 is 0 Å². The zero-order valence-electron chi connectivity index (χ0n) is 7.64. The highest BCUT2D eigenvalue weighted by molar-refractivity contribution is 7.99. The van der Waals surface area contributed by atoms with Crippen LogP contribution in [0, 0.1) is 0 Å². The number of nitrogens with two attached hydrogens (primary N) is 1. The maximum Gasteiger partial charge on any atom is 0.233 e. The summed E-state index contributed by atoms with van der Waals surface area (Å²) in [4.78, 5) is 10.7. The molecule has 0 spiro atoms. The predicted molar refractivity (Wildman–Crippen MR) is 53.8 cm³/mol. The third-order valence-corrected chi connectivity index (χ3v) is 2.73. The fourth-order valence-corrected chi connectivity index (χ4v) is 1.71. The van der Waals surface area contributed by atoms with E-state index in [0.717, 1.165) is 18.6 Å². The number of carbonyl (C=O) groups is 1. The fourth-order valence-electron chi connectivity index (χ4n) is 0.808. The molecule has 0 saturated heterocycles. The van der Waals surface area contributed by atoms with Crippen molar-refractivity contribution in [3.8, 4) is 0 Å².